The highest BCUT2D eigenvalue weighted by Crippen LogP contribution is 2.29. The van der Waals surface area contributed by atoms with E-state index in [1.807, 2.05) is 67.3 Å². The number of hydrogen-bond donors (Lipinski definition) is 0. The summed E-state index contributed by atoms with van der Waals surface area (Å²) in [4.78, 5) is 4.98. The molecule has 0 unspecified atom stereocenters. The smallest absolute Gasteiger partial charge is 0.274 e. The predicted octanol–water partition coefficient (Wildman–Crippen LogP) is 4.53. The summed E-state index contributed by atoms with van der Waals surface area (Å²) in [7, 11) is 1.07. The number of nitrogens with zero attached hydrogens (tertiary/aromatic N) is 3. The maximum absolute atomic E-state index is 6.03. The largest absolute Gasteiger partial charge is 0.541 e. The van der Waals surface area contributed by atoms with Crippen LogP contribution >= 0.6 is 0 Å². The molecule has 0 atom stereocenters. The zero-order valence-electron chi connectivity index (χ0n) is 15.0. The van der Waals surface area contributed by atoms with E-state index in [2.05, 4.69) is 30.3 Å². The number of para-hydroxylation sites is 2. The first kappa shape index (κ1) is 17.2. The molecule has 2 aromatic carbocycles. The van der Waals surface area contributed by atoms with E-state index < -0.39 is 9.04 Å². The Bertz CT molecular complexity index is 885. The molecule has 0 N–H and O–H groups in total. The molecule has 127 valence electrons. The summed E-state index contributed by atoms with van der Waals surface area (Å²) >= 11 is 0. The number of aromatic nitrogens is 2. The minimum Gasteiger partial charge on any atom is -0.541 e. The van der Waals surface area contributed by atoms with Crippen molar-refractivity contribution in [2.75, 3.05) is 0 Å². The van der Waals surface area contributed by atoms with E-state index in [0.717, 1.165) is 34.0 Å². The van der Waals surface area contributed by atoms with Crippen LogP contribution in [0, 0.1) is 6.92 Å². The van der Waals surface area contributed by atoms with Crippen molar-refractivity contribution in [2.24, 2.45) is 12.0 Å². The van der Waals surface area contributed by atoms with E-state index in [9.17, 15) is 0 Å². The van der Waals surface area contributed by atoms with Gasteiger partial charge in [-0.25, -0.2) is 4.99 Å². The molecule has 25 heavy (non-hydrogen) atoms. The first-order valence-corrected chi connectivity index (χ1v) is 10.7. The van der Waals surface area contributed by atoms with Crippen molar-refractivity contribution in [3.63, 3.8) is 0 Å². The van der Waals surface area contributed by atoms with Crippen LogP contribution in [0.3, 0.4) is 0 Å². The van der Waals surface area contributed by atoms with Gasteiger partial charge in [-0.05, 0) is 32.2 Å². The Morgan fingerprint density at radius 3 is 2.36 bits per heavy atom. The Hall–Kier alpha value is -2.66. The molecule has 0 spiro atoms. The van der Waals surface area contributed by atoms with Crippen molar-refractivity contribution in [3.8, 4) is 5.75 Å². The maximum atomic E-state index is 6.03. The van der Waals surface area contributed by atoms with Crippen molar-refractivity contribution >= 4 is 20.4 Å². The van der Waals surface area contributed by atoms with Gasteiger partial charge >= 0.3 is 0 Å². The average molecular weight is 349 g/mol. The molecule has 1 heterocycles. The van der Waals surface area contributed by atoms with Crippen LogP contribution in [0.4, 0.5) is 5.69 Å². The summed E-state index contributed by atoms with van der Waals surface area (Å²) in [5.74, 6) is 0.830. The minimum atomic E-state index is -0.862. The lowest BCUT2D eigenvalue weighted by atomic mass is 10.0. The van der Waals surface area contributed by atoms with Crippen LogP contribution in [-0.4, -0.2) is 24.5 Å². The zero-order valence-corrected chi connectivity index (χ0v) is 16.0. The van der Waals surface area contributed by atoms with Crippen LogP contribution in [0.5, 0.6) is 5.75 Å². The molecule has 0 saturated heterocycles. The molecule has 0 amide bonds. The number of aliphatic imine (C=N–C) groups is 1. The lowest BCUT2D eigenvalue weighted by Gasteiger charge is -2.12. The van der Waals surface area contributed by atoms with Crippen LogP contribution < -0.4 is 4.43 Å². The van der Waals surface area contributed by atoms with Crippen LogP contribution in [0.15, 0.2) is 65.8 Å². The van der Waals surface area contributed by atoms with Crippen molar-refractivity contribution in [2.45, 2.75) is 20.0 Å². The highest BCUT2D eigenvalue weighted by atomic mass is 28.3. The van der Waals surface area contributed by atoms with Gasteiger partial charge in [0.2, 0.25) is 0 Å². The predicted molar refractivity (Wildman–Crippen MR) is 104 cm³/mol. The summed E-state index contributed by atoms with van der Waals surface area (Å²) in [5.41, 5.74) is 4.80. The molecule has 0 saturated carbocycles. The van der Waals surface area contributed by atoms with Gasteiger partial charge in [-0.2, -0.15) is 5.10 Å². The van der Waals surface area contributed by atoms with Crippen LogP contribution in [0.1, 0.15) is 16.8 Å². The first-order chi connectivity index (χ1) is 12.0. The van der Waals surface area contributed by atoms with Gasteiger partial charge in [0.15, 0.2) is 0 Å². The molecular weight excluding hydrogens is 326 g/mol. The summed E-state index contributed by atoms with van der Waals surface area (Å²) in [6.45, 7) is 6.25. The number of aryl methyl sites for hydroxylation is 2. The second-order valence-corrected chi connectivity index (χ2v) is 8.13. The summed E-state index contributed by atoms with van der Waals surface area (Å²) < 4.78 is 7.85. The lowest BCUT2D eigenvalue weighted by Crippen LogP contribution is -2.11. The SMILES string of the molecule is Cc1nn(C)cc1C(=Nc1ccccc1O[Si](C)C)c1ccccc1. The van der Waals surface area contributed by atoms with Gasteiger partial charge in [-0.3, -0.25) is 4.68 Å². The highest BCUT2D eigenvalue weighted by Gasteiger charge is 2.15. The van der Waals surface area contributed by atoms with E-state index in [4.69, 9.17) is 9.42 Å². The molecule has 1 aromatic heterocycles. The maximum Gasteiger partial charge on any atom is 0.274 e. The van der Waals surface area contributed by atoms with Gasteiger partial charge in [0.05, 0.1) is 11.4 Å². The monoisotopic (exact) mass is 348 g/mol. The fraction of sp³-hybridized carbons (Fsp3) is 0.200. The topological polar surface area (TPSA) is 39.4 Å². The quantitative estimate of drug-likeness (QED) is 0.502. The third kappa shape index (κ3) is 4.06. The van der Waals surface area contributed by atoms with E-state index >= 15 is 0 Å². The van der Waals surface area contributed by atoms with Gasteiger partial charge in [-0.1, -0.05) is 42.5 Å². The number of benzene rings is 2. The Balaban J connectivity index is 2.16. The first-order valence-electron chi connectivity index (χ1n) is 8.26. The second-order valence-electron chi connectivity index (χ2n) is 6.11. The Labute approximate surface area is 150 Å². The minimum absolute atomic E-state index is 0.830. The van der Waals surface area contributed by atoms with Crippen LogP contribution in [0.25, 0.3) is 0 Å². The molecule has 1 radical (unpaired) electrons. The van der Waals surface area contributed by atoms with Gasteiger partial charge in [0, 0.05) is 24.4 Å². The Morgan fingerprint density at radius 2 is 1.72 bits per heavy atom. The highest BCUT2D eigenvalue weighted by molar-refractivity contribution is 6.49. The lowest BCUT2D eigenvalue weighted by molar-refractivity contribution is 0.582. The number of rotatable bonds is 5. The standard InChI is InChI=1S/C20H22N3OSi/c1-15-17(14-23(2)22-15)20(16-10-6-5-7-11-16)21-18-12-8-9-13-19(18)24-25(3)4/h5-14H,1-4H3. The molecule has 0 aliphatic heterocycles. The molecule has 0 bridgehead atoms. The molecule has 3 rings (SSSR count). The van der Waals surface area contributed by atoms with E-state index in [1.54, 1.807) is 0 Å². The van der Waals surface area contributed by atoms with Gasteiger partial charge in [0.1, 0.15) is 11.4 Å². The molecule has 0 fully saturated rings. The van der Waals surface area contributed by atoms with Gasteiger partial charge < -0.3 is 4.43 Å². The molecule has 3 aromatic rings. The zero-order chi connectivity index (χ0) is 17.8. The molecule has 0 aliphatic carbocycles. The summed E-state index contributed by atoms with van der Waals surface area (Å²) in [6.07, 6.45) is 2.01. The molecule has 5 heteroatoms. The second kappa shape index (κ2) is 7.48. The van der Waals surface area contributed by atoms with Crippen LogP contribution in [0.2, 0.25) is 13.1 Å². The molecule has 0 aliphatic rings. The summed E-state index contributed by atoms with van der Waals surface area (Å²) in [6, 6.07) is 18.2. The number of hydrogen-bond acceptors (Lipinski definition) is 3. The summed E-state index contributed by atoms with van der Waals surface area (Å²) in [5, 5.41) is 4.48. The van der Waals surface area contributed by atoms with Crippen LogP contribution in [-0.2, 0) is 7.05 Å². The molecule has 4 nitrogen and oxygen atoms in total. The fourth-order valence-electron chi connectivity index (χ4n) is 2.68. The van der Waals surface area contributed by atoms with Crippen molar-refractivity contribution < 1.29 is 4.43 Å². The Kier molecular flexibility index (Phi) is 5.14. The fourth-order valence-corrected chi connectivity index (χ4v) is 3.30. The normalized spacial score (nSPS) is 11.8. The third-order valence-electron chi connectivity index (χ3n) is 3.73. The third-order valence-corrected chi connectivity index (χ3v) is 4.36. The van der Waals surface area contributed by atoms with Crippen molar-refractivity contribution in [1.82, 2.24) is 9.78 Å². The van der Waals surface area contributed by atoms with E-state index in [-0.39, 0.29) is 0 Å². The molecular formula is C20H22N3OSi. The van der Waals surface area contributed by atoms with E-state index in [0.29, 0.717) is 0 Å². The van der Waals surface area contributed by atoms with Crippen molar-refractivity contribution in [3.05, 3.63) is 77.6 Å². The van der Waals surface area contributed by atoms with E-state index in [1.165, 1.54) is 0 Å². The Morgan fingerprint density at radius 1 is 1.04 bits per heavy atom. The van der Waals surface area contributed by atoms with Gasteiger partial charge in [-0.15, -0.1) is 0 Å². The average Bonchev–Trinajstić information content (AvgIpc) is 2.92. The van der Waals surface area contributed by atoms with Crippen molar-refractivity contribution in [1.29, 1.82) is 0 Å². The van der Waals surface area contributed by atoms with Gasteiger partial charge in [0.25, 0.3) is 9.04 Å².